The largest absolute Gasteiger partial charge is 0.349 e. The number of rotatable bonds is 4. The number of halogens is 2. The SMILES string of the molecule is Cc1cc(NC(=O)Cn2ncc3ncc(N4CCC5(CC5)C(F)(F)C4)nc32)cc2ncnn12. The van der Waals surface area contributed by atoms with E-state index in [1.807, 2.05) is 6.92 Å². The van der Waals surface area contributed by atoms with Crippen LogP contribution in [0.25, 0.3) is 16.8 Å². The summed E-state index contributed by atoms with van der Waals surface area (Å²) in [4.78, 5) is 27.3. The number of nitrogens with one attached hydrogen (secondary N) is 1. The molecule has 1 spiro atoms. The lowest BCUT2D eigenvalue weighted by molar-refractivity contribution is -0.116. The van der Waals surface area contributed by atoms with Gasteiger partial charge < -0.3 is 10.2 Å². The molecule has 1 amide bonds. The van der Waals surface area contributed by atoms with E-state index in [0.717, 1.165) is 5.69 Å². The Hall–Kier alpha value is -3.70. The molecule has 1 N–H and O–H groups in total. The van der Waals surface area contributed by atoms with Gasteiger partial charge in [-0.1, -0.05) is 0 Å². The summed E-state index contributed by atoms with van der Waals surface area (Å²) >= 11 is 0. The fourth-order valence-electron chi connectivity index (χ4n) is 4.58. The number of hydrogen-bond donors (Lipinski definition) is 1. The van der Waals surface area contributed by atoms with Gasteiger partial charge in [0.15, 0.2) is 11.3 Å². The molecule has 1 saturated heterocycles. The summed E-state index contributed by atoms with van der Waals surface area (Å²) in [5.41, 5.74) is 2.08. The highest BCUT2D eigenvalue weighted by atomic mass is 19.3. The number of alkyl halides is 2. The smallest absolute Gasteiger partial charge is 0.270 e. The third kappa shape index (κ3) is 3.28. The molecule has 4 aromatic rings. The van der Waals surface area contributed by atoms with Crippen molar-refractivity contribution >= 4 is 34.2 Å². The molecule has 12 heteroatoms. The number of piperidine rings is 1. The molecule has 0 radical (unpaired) electrons. The van der Waals surface area contributed by atoms with Gasteiger partial charge in [-0.05, 0) is 32.3 Å². The monoisotopic (exact) mass is 453 g/mol. The minimum Gasteiger partial charge on any atom is -0.349 e. The third-order valence-electron chi connectivity index (χ3n) is 6.67. The highest BCUT2D eigenvalue weighted by molar-refractivity contribution is 5.91. The molecule has 170 valence electrons. The van der Waals surface area contributed by atoms with E-state index in [9.17, 15) is 13.6 Å². The molecule has 0 aromatic carbocycles. The van der Waals surface area contributed by atoms with Gasteiger partial charge in [-0.25, -0.2) is 32.9 Å². The van der Waals surface area contributed by atoms with E-state index in [-0.39, 0.29) is 19.0 Å². The molecule has 1 aliphatic heterocycles. The van der Waals surface area contributed by atoms with E-state index in [1.165, 1.54) is 23.4 Å². The first kappa shape index (κ1) is 19.9. The van der Waals surface area contributed by atoms with Crippen LogP contribution in [-0.4, -0.2) is 59.3 Å². The van der Waals surface area contributed by atoms with Gasteiger partial charge in [0.2, 0.25) is 5.91 Å². The van der Waals surface area contributed by atoms with Gasteiger partial charge >= 0.3 is 0 Å². The zero-order chi connectivity index (χ0) is 22.8. The number of aromatic nitrogens is 7. The van der Waals surface area contributed by atoms with Crippen molar-refractivity contribution in [2.45, 2.75) is 38.7 Å². The van der Waals surface area contributed by atoms with Crippen LogP contribution >= 0.6 is 0 Å². The van der Waals surface area contributed by atoms with Gasteiger partial charge in [0.1, 0.15) is 24.2 Å². The van der Waals surface area contributed by atoms with Gasteiger partial charge in [-0.15, -0.1) is 0 Å². The molecule has 1 saturated carbocycles. The second kappa shape index (κ2) is 6.90. The number of carbonyl (C=O) groups excluding carboxylic acids is 1. The van der Waals surface area contributed by atoms with Crippen LogP contribution in [0, 0.1) is 12.3 Å². The fourth-order valence-corrected chi connectivity index (χ4v) is 4.58. The van der Waals surface area contributed by atoms with Crippen molar-refractivity contribution in [2.24, 2.45) is 5.41 Å². The highest BCUT2D eigenvalue weighted by Gasteiger charge is 2.63. The molecule has 5 heterocycles. The molecular weight excluding hydrogens is 432 g/mol. The molecule has 0 atom stereocenters. The van der Waals surface area contributed by atoms with E-state index >= 15 is 0 Å². The summed E-state index contributed by atoms with van der Waals surface area (Å²) in [6, 6.07) is 3.52. The van der Waals surface area contributed by atoms with Crippen LogP contribution in [0.2, 0.25) is 0 Å². The molecule has 0 unspecified atom stereocenters. The van der Waals surface area contributed by atoms with E-state index in [4.69, 9.17) is 0 Å². The summed E-state index contributed by atoms with van der Waals surface area (Å²) in [6.45, 7) is 1.91. The Morgan fingerprint density at radius 2 is 2.00 bits per heavy atom. The maximum atomic E-state index is 14.6. The van der Waals surface area contributed by atoms with Crippen molar-refractivity contribution in [3.05, 3.63) is 36.5 Å². The van der Waals surface area contributed by atoms with Gasteiger partial charge in [0, 0.05) is 29.4 Å². The zero-order valence-corrected chi connectivity index (χ0v) is 17.9. The average Bonchev–Trinajstić information content (AvgIpc) is 3.23. The lowest BCUT2D eigenvalue weighted by Crippen LogP contribution is -2.50. The number of amides is 1. The Morgan fingerprint density at radius 3 is 2.79 bits per heavy atom. The van der Waals surface area contributed by atoms with Gasteiger partial charge in [0.05, 0.1) is 18.9 Å². The van der Waals surface area contributed by atoms with Crippen LogP contribution in [0.4, 0.5) is 20.3 Å². The number of carbonyl (C=O) groups is 1. The number of anilines is 2. The van der Waals surface area contributed by atoms with E-state index in [0.29, 0.717) is 54.1 Å². The maximum absolute atomic E-state index is 14.6. The van der Waals surface area contributed by atoms with Crippen molar-refractivity contribution in [3.63, 3.8) is 0 Å². The fraction of sp³-hybridized carbons (Fsp3) is 0.429. The third-order valence-corrected chi connectivity index (χ3v) is 6.67. The lowest BCUT2D eigenvalue weighted by atomic mass is 9.89. The Balaban J connectivity index is 1.22. The zero-order valence-electron chi connectivity index (χ0n) is 17.9. The first-order chi connectivity index (χ1) is 15.8. The van der Waals surface area contributed by atoms with Crippen LogP contribution < -0.4 is 10.2 Å². The molecule has 2 aliphatic rings. The van der Waals surface area contributed by atoms with Crippen LogP contribution in [0.15, 0.2) is 30.9 Å². The van der Waals surface area contributed by atoms with E-state index in [2.05, 4.69) is 30.5 Å². The molecule has 6 rings (SSSR count). The summed E-state index contributed by atoms with van der Waals surface area (Å²) in [6.07, 6.45) is 6.07. The molecule has 4 aromatic heterocycles. The highest BCUT2D eigenvalue weighted by Crippen LogP contribution is 2.61. The molecular formula is C21H21F2N9O. The number of pyridine rings is 1. The summed E-state index contributed by atoms with van der Waals surface area (Å²) in [5, 5.41) is 11.2. The minimum atomic E-state index is -2.74. The number of aryl methyl sites for hydroxylation is 1. The van der Waals surface area contributed by atoms with E-state index in [1.54, 1.807) is 21.5 Å². The van der Waals surface area contributed by atoms with Crippen molar-refractivity contribution in [1.82, 2.24) is 34.3 Å². The average molecular weight is 453 g/mol. The second-order valence-corrected chi connectivity index (χ2v) is 8.86. The van der Waals surface area contributed by atoms with Crippen molar-refractivity contribution in [1.29, 1.82) is 0 Å². The van der Waals surface area contributed by atoms with Crippen molar-refractivity contribution in [2.75, 3.05) is 23.3 Å². The van der Waals surface area contributed by atoms with Gasteiger partial charge in [-0.2, -0.15) is 10.2 Å². The summed E-state index contributed by atoms with van der Waals surface area (Å²) < 4.78 is 32.3. The van der Waals surface area contributed by atoms with Crippen LogP contribution in [0.5, 0.6) is 0 Å². The topological polar surface area (TPSA) is 106 Å². The first-order valence-corrected chi connectivity index (χ1v) is 10.8. The number of hydrogen-bond acceptors (Lipinski definition) is 7. The normalized spacial score (nSPS) is 18.8. The first-order valence-electron chi connectivity index (χ1n) is 10.8. The van der Waals surface area contributed by atoms with Gasteiger partial charge in [0.25, 0.3) is 5.92 Å². The molecule has 33 heavy (non-hydrogen) atoms. The number of nitrogens with zero attached hydrogens (tertiary/aromatic N) is 8. The maximum Gasteiger partial charge on any atom is 0.270 e. The Labute approximate surface area is 186 Å². The summed E-state index contributed by atoms with van der Waals surface area (Å²) in [5.74, 6) is -2.69. The Morgan fingerprint density at radius 1 is 1.15 bits per heavy atom. The molecule has 0 bridgehead atoms. The van der Waals surface area contributed by atoms with Gasteiger partial charge in [-0.3, -0.25) is 4.79 Å². The molecule has 10 nitrogen and oxygen atoms in total. The summed E-state index contributed by atoms with van der Waals surface area (Å²) in [7, 11) is 0. The Kier molecular flexibility index (Phi) is 4.17. The minimum absolute atomic E-state index is 0.0994. The van der Waals surface area contributed by atoms with Crippen LogP contribution in [-0.2, 0) is 11.3 Å². The van der Waals surface area contributed by atoms with Crippen molar-refractivity contribution in [3.8, 4) is 0 Å². The quantitative estimate of drug-likeness (QED) is 0.506. The molecule has 1 aliphatic carbocycles. The predicted octanol–water partition coefficient (Wildman–Crippen LogP) is 2.44. The standard InChI is InChI=1S/C21H21F2N9O/c1-13-6-14(7-16-25-12-27-32(13)16)28-18(33)10-31-19-15(8-26-31)24-9-17(29-19)30-5-4-20(2-3-20)21(22,23)11-30/h6-9,12H,2-5,10-11H2,1H3,(H,28,33). The van der Waals surface area contributed by atoms with Crippen LogP contribution in [0.1, 0.15) is 25.0 Å². The second-order valence-electron chi connectivity index (χ2n) is 8.86. The Bertz CT molecular complexity index is 1390. The van der Waals surface area contributed by atoms with Crippen molar-refractivity contribution < 1.29 is 13.6 Å². The van der Waals surface area contributed by atoms with E-state index < -0.39 is 11.3 Å². The predicted molar refractivity (Wildman–Crippen MR) is 115 cm³/mol. The number of fused-ring (bicyclic) bond motifs is 2. The lowest BCUT2D eigenvalue weighted by Gasteiger charge is -2.39. The van der Waals surface area contributed by atoms with Crippen LogP contribution in [0.3, 0.4) is 0 Å². The molecule has 2 fully saturated rings.